The fraction of sp³-hybridized carbons (Fsp3) is 0.375. The number of aryl methyl sites for hydroxylation is 4. The first-order valence-electron chi connectivity index (χ1n) is 13.4. The molecule has 4 nitrogen and oxygen atoms in total. The minimum Gasteiger partial charge on any atom is -0.355 e. The van der Waals surface area contributed by atoms with Crippen LogP contribution in [0, 0.1) is 13.8 Å². The maximum Gasteiger partial charge on any atom is 0.0693 e. The first kappa shape index (κ1) is 27.3. The molecule has 5 heterocycles. The quantitative estimate of drug-likeness (QED) is 0.291. The Labute approximate surface area is 235 Å². The number of aromatic amines is 2. The number of H-pyrrole nitrogens is 2. The van der Waals surface area contributed by atoms with Gasteiger partial charge < -0.3 is 9.97 Å². The molecule has 0 radical (unpaired) electrons. The van der Waals surface area contributed by atoms with Crippen molar-refractivity contribution in [2.45, 2.75) is 81.1 Å². The van der Waals surface area contributed by atoms with Crippen molar-refractivity contribution >= 4 is 44.4 Å². The Bertz CT molecular complexity index is 1610. The average Bonchev–Trinajstić information content (AvgIpc) is 3.51. The Kier molecular flexibility index (Phi) is 7.81. The van der Waals surface area contributed by atoms with Crippen molar-refractivity contribution in [2.75, 3.05) is 0 Å². The van der Waals surface area contributed by atoms with E-state index in [1.165, 1.54) is 44.5 Å². The molecule has 0 saturated heterocycles. The van der Waals surface area contributed by atoms with Crippen LogP contribution < -0.4 is 0 Å². The molecule has 0 atom stereocenters. The number of nitrogens with one attached hydrogen (secondary N) is 2. The number of hydrogen-bond acceptors (Lipinski definition) is 2. The number of hydrogen-bond donors (Lipinski definition) is 2. The molecule has 0 amide bonds. The van der Waals surface area contributed by atoms with Crippen LogP contribution in [0.1, 0.15) is 99.4 Å². The van der Waals surface area contributed by atoms with E-state index < -0.39 is 0 Å². The fourth-order valence-corrected chi connectivity index (χ4v) is 6.02. The van der Waals surface area contributed by atoms with Crippen LogP contribution in [0.5, 0.6) is 0 Å². The fourth-order valence-electron chi connectivity index (χ4n) is 6.02. The maximum absolute atomic E-state index is 5.16. The van der Waals surface area contributed by atoms with Gasteiger partial charge in [-0.15, -0.1) is 0 Å². The smallest absolute Gasteiger partial charge is 0.0693 e. The summed E-state index contributed by atoms with van der Waals surface area (Å²) < 4.78 is 0. The van der Waals surface area contributed by atoms with Crippen LogP contribution in [-0.4, -0.2) is 19.9 Å². The van der Waals surface area contributed by atoms with Crippen LogP contribution in [0.3, 0.4) is 0 Å². The van der Waals surface area contributed by atoms with Crippen LogP contribution in [0.15, 0.2) is 24.3 Å². The van der Waals surface area contributed by atoms with E-state index in [9.17, 15) is 0 Å². The summed E-state index contributed by atoms with van der Waals surface area (Å²) in [7, 11) is 0. The Balaban J connectivity index is 0.00000320. The number of aromatic nitrogens is 4. The summed E-state index contributed by atoms with van der Waals surface area (Å²) in [5.74, 6) is 0. The molecule has 0 aliphatic carbocycles. The minimum absolute atomic E-state index is 0. The van der Waals surface area contributed by atoms with Gasteiger partial charge in [0.1, 0.15) is 0 Å². The van der Waals surface area contributed by atoms with Crippen LogP contribution in [0.25, 0.3) is 44.4 Å². The molecule has 0 spiro atoms. The van der Waals surface area contributed by atoms with E-state index in [2.05, 4.69) is 89.6 Å². The topological polar surface area (TPSA) is 57.4 Å². The summed E-state index contributed by atoms with van der Waals surface area (Å²) in [6.45, 7) is 17.8. The van der Waals surface area contributed by atoms with E-state index in [0.717, 1.165) is 70.5 Å². The zero-order valence-corrected chi connectivity index (χ0v) is 25.6. The Morgan fingerprint density at radius 2 is 0.865 bits per heavy atom. The molecule has 2 aliphatic heterocycles. The molecule has 8 bridgehead atoms. The molecule has 3 aromatic rings. The van der Waals surface area contributed by atoms with Gasteiger partial charge in [-0.05, 0) is 122 Å². The van der Waals surface area contributed by atoms with Gasteiger partial charge in [-0.3, -0.25) is 0 Å². The van der Waals surface area contributed by atoms with Gasteiger partial charge in [0.15, 0.2) is 0 Å². The second kappa shape index (κ2) is 10.6. The summed E-state index contributed by atoms with van der Waals surface area (Å²) in [5.41, 5.74) is 19.3. The zero-order valence-electron chi connectivity index (χ0n) is 23.3. The maximum atomic E-state index is 5.16. The number of rotatable bonds is 4. The van der Waals surface area contributed by atoms with Crippen molar-refractivity contribution in [3.8, 4) is 0 Å². The first-order valence-corrected chi connectivity index (χ1v) is 13.4. The molecule has 0 fully saturated rings. The Morgan fingerprint density at radius 3 is 1.24 bits per heavy atom. The van der Waals surface area contributed by atoms with E-state index in [-0.39, 0.29) is 21.1 Å². The van der Waals surface area contributed by atoms with E-state index in [1.54, 1.807) is 0 Å². The molecule has 5 rings (SSSR count). The monoisotopic (exact) mass is 673 g/mol. The van der Waals surface area contributed by atoms with Gasteiger partial charge in [-0.2, -0.15) is 0 Å². The molecule has 37 heavy (non-hydrogen) atoms. The molecule has 2 N–H and O–H groups in total. The first-order chi connectivity index (χ1) is 17.3. The van der Waals surface area contributed by atoms with Gasteiger partial charge in [-0.1, -0.05) is 27.7 Å². The van der Waals surface area contributed by atoms with Crippen LogP contribution >= 0.6 is 0 Å². The molecule has 0 saturated carbocycles. The second-order valence-electron chi connectivity index (χ2n) is 10.1. The van der Waals surface area contributed by atoms with Crippen LogP contribution in [0.2, 0.25) is 0 Å². The summed E-state index contributed by atoms with van der Waals surface area (Å²) in [6, 6.07) is 8.98. The average molecular weight is 674 g/mol. The number of fused-ring (bicyclic) bond motifs is 8. The second-order valence-corrected chi connectivity index (χ2v) is 10.1. The van der Waals surface area contributed by atoms with Gasteiger partial charge in [0.2, 0.25) is 0 Å². The molecular weight excluding hydrogens is 635 g/mol. The molecule has 5 heteroatoms. The predicted molar refractivity (Wildman–Crippen MR) is 155 cm³/mol. The van der Waals surface area contributed by atoms with Gasteiger partial charge in [0.25, 0.3) is 0 Å². The van der Waals surface area contributed by atoms with E-state index in [1.807, 2.05) is 0 Å². The van der Waals surface area contributed by atoms with Crippen molar-refractivity contribution in [3.05, 3.63) is 69.3 Å². The van der Waals surface area contributed by atoms with Gasteiger partial charge in [-0.25, -0.2) is 9.97 Å². The molecule has 0 unspecified atom stereocenters. The van der Waals surface area contributed by atoms with Crippen molar-refractivity contribution in [1.82, 2.24) is 19.9 Å². The van der Waals surface area contributed by atoms with Crippen LogP contribution in [-0.2, 0) is 33.9 Å². The summed E-state index contributed by atoms with van der Waals surface area (Å²) in [6.07, 6.45) is 3.86. The normalized spacial score (nSPS) is 13.4. The van der Waals surface area contributed by atoms with E-state index in [0.29, 0.717) is 0 Å². The third-order valence-electron chi connectivity index (χ3n) is 8.21. The van der Waals surface area contributed by atoms with Crippen molar-refractivity contribution < 1.29 is 21.1 Å². The molecule has 3 aromatic heterocycles. The van der Waals surface area contributed by atoms with Gasteiger partial charge >= 0.3 is 0 Å². The van der Waals surface area contributed by atoms with Crippen molar-refractivity contribution in [2.24, 2.45) is 0 Å². The zero-order chi connectivity index (χ0) is 25.7. The molecular formula is C32H38N4Pt. The number of allylic oxidation sites excluding steroid dienone is 4. The van der Waals surface area contributed by atoms with E-state index in [4.69, 9.17) is 9.97 Å². The van der Waals surface area contributed by atoms with Gasteiger partial charge in [0, 0.05) is 43.1 Å². The SMILES string of the molecule is CCC1=C(C)c2cc3[nH]c(cc4nc(cc5[nH]c(cc1n2)c(C)c5CC)C(C)=C4CC)c(CC)c3C.[Pt]. The summed E-state index contributed by atoms with van der Waals surface area (Å²) in [4.78, 5) is 17.7. The summed E-state index contributed by atoms with van der Waals surface area (Å²) >= 11 is 0. The van der Waals surface area contributed by atoms with Crippen molar-refractivity contribution in [1.29, 1.82) is 0 Å². The Morgan fingerprint density at radius 1 is 0.514 bits per heavy atom. The third kappa shape index (κ3) is 4.48. The van der Waals surface area contributed by atoms with E-state index >= 15 is 0 Å². The molecule has 2 aliphatic rings. The van der Waals surface area contributed by atoms with Crippen molar-refractivity contribution in [3.63, 3.8) is 0 Å². The largest absolute Gasteiger partial charge is 0.355 e. The number of nitrogens with zero attached hydrogens (tertiary/aromatic N) is 2. The molecule has 0 aromatic carbocycles. The molecule has 196 valence electrons. The van der Waals surface area contributed by atoms with Gasteiger partial charge in [0.05, 0.1) is 22.8 Å². The Hall–Kier alpha value is -2.71. The minimum atomic E-state index is 0. The van der Waals surface area contributed by atoms with Crippen LogP contribution in [0.4, 0.5) is 0 Å². The standard InChI is InChI=1S/C32H38N4.Pt/c1-9-21-17(5)25-13-26-18(6)23(11-3)31(34-26)16-32-24(12-4)20(8)28(36-32)15-30-22(10-2)19(7)27(35-30)14-29(21)33-25;/h13-16,34-35H,9-12H2,1-8H3;. The predicted octanol–water partition coefficient (Wildman–Crippen LogP) is 8.74. The summed E-state index contributed by atoms with van der Waals surface area (Å²) in [5, 5.41) is 0. The third-order valence-corrected chi connectivity index (χ3v) is 8.21.